The summed E-state index contributed by atoms with van der Waals surface area (Å²) in [6.07, 6.45) is 0.396. The van der Waals surface area contributed by atoms with Gasteiger partial charge in [0.05, 0.1) is 10.6 Å². The van der Waals surface area contributed by atoms with E-state index in [2.05, 4.69) is 4.74 Å². The summed E-state index contributed by atoms with van der Waals surface area (Å²) in [5.74, 6) is -0.203. The predicted octanol–water partition coefficient (Wildman–Crippen LogP) is 3.06. The third kappa shape index (κ3) is 2.20. The molecule has 0 saturated heterocycles. The van der Waals surface area contributed by atoms with Crippen LogP contribution in [0.15, 0.2) is 12.1 Å². The number of aryl methyl sites for hydroxylation is 1. The van der Waals surface area contributed by atoms with Gasteiger partial charge in [0.2, 0.25) is 0 Å². The van der Waals surface area contributed by atoms with E-state index < -0.39 is 6.61 Å². The van der Waals surface area contributed by atoms with Crippen LogP contribution in [0.3, 0.4) is 0 Å². The first-order valence-electron chi connectivity index (χ1n) is 3.75. The molecule has 0 spiro atoms. The molecular formula is C9H7ClF2O2. The second-order valence-electron chi connectivity index (χ2n) is 2.60. The molecule has 0 fully saturated rings. The van der Waals surface area contributed by atoms with Crippen molar-refractivity contribution in [3.8, 4) is 5.75 Å². The van der Waals surface area contributed by atoms with E-state index in [1.54, 1.807) is 6.92 Å². The summed E-state index contributed by atoms with van der Waals surface area (Å²) in [7, 11) is 0. The molecule has 0 unspecified atom stereocenters. The Labute approximate surface area is 84.4 Å². The van der Waals surface area contributed by atoms with Crippen molar-refractivity contribution in [2.24, 2.45) is 0 Å². The van der Waals surface area contributed by atoms with Crippen molar-refractivity contribution < 1.29 is 18.3 Å². The Bertz CT molecular complexity index is 353. The number of hydrogen-bond acceptors (Lipinski definition) is 2. The molecular weight excluding hydrogens is 214 g/mol. The first-order valence-corrected chi connectivity index (χ1v) is 4.13. The van der Waals surface area contributed by atoms with E-state index in [4.69, 9.17) is 11.6 Å². The Morgan fingerprint density at radius 2 is 2.14 bits per heavy atom. The lowest BCUT2D eigenvalue weighted by molar-refractivity contribution is -0.0500. The van der Waals surface area contributed by atoms with Crippen LogP contribution in [0.2, 0.25) is 5.02 Å². The molecule has 1 rings (SSSR count). The minimum absolute atomic E-state index is 0.0491. The maximum absolute atomic E-state index is 11.9. The number of rotatable bonds is 3. The largest absolute Gasteiger partial charge is 0.434 e. The summed E-state index contributed by atoms with van der Waals surface area (Å²) in [5.41, 5.74) is 0.586. The molecule has 0 aromatic heterocycles. The van der Waals surface area contributed by atoms with E-state index in [1.807, 2.05) is 0 Å². The fraction of sp³-hybridized carbons (Fsp3) is 0.222. The molecule has 0 atom stereocenters. The molecule has 2 nitrogen and oxygen atoms in total. The van der Waals surface area contributed by atoms with Crippen molar-refractivity contribution in [2.75, 3.05) is 0 Å². The molecule has 0 heterocycles. The van der Waals surface area contributed by atoms with Gasteiger partial charge in [0, 0.05) is 0 Å². The number of ether oxygens (including phenoxy) is 1. The molecule has 0 amide bonds. The van der Waals surface area contributed by atoms with Gasteiger partial charge >= 0.3 is 6.61 Å². The number of carbonyl (C=O) groups is 1. The van der Waals surface area contributed by atoms with Gasteiger partial charge in [0.15, 0.2) is 6.29 Å². The molecule has 14 heavy (non-hydrogen) atoms. The smallest absolute Gasteiger partial charge is 0.387 e. The quantitative estimate of drug-likeness (QED) is 0.732. The van der Waals surface area contributed by atoms with Gasteiger partial charge in [0.25, 0.3) is 0 Å². The molecule has 0 radical (unpaired) electrons. The monoisotopic (exact) mass is 220 g/mol. The third-order valence-corrected chi connectivity index (χ3v) is 2.17. The van der Waals surface area contributed by atoms with Crippen LogP contribution in [0.4, 0.5) is 8.78 Å². The van der Waals surface area contributed by atoms with Crippen LogP contribution in [0.5, 0.6) is 5.75 Å². The standard InChI is InChI=1S/C9H7ClF2O2/c1-5-2-3-7(14-9(11)12)6(4-13)8(5)10/h2-4,9H,1H3. The molecule has 0 aliphatic rings. The van der Waals surface area contributed by atoms with Gasteiger partial charge in [-0.3, -0.25) is 4.79 Å². The topological polar surface area (TPSA) is 26.3 Å². The van der Waals surface area contributed by atoms with E-state index in [0.29, 0.717) is 11.8 Å². The number of benzene rings is 1. The van der Waals surface area contributed by atoms with Crippen molar-refractivity contribution in [1.29, 1.82) is 0 Å². The summed E-state index contributed by atoms with van der Waals surface area (Å²) in [5, 5.41) is 0.137. The second kappa shape index (κ2) is 4.37. The van der Waals surface area contributed by atoms with Gasteiger partial charge in [0.1, 0.15) is 5.75 Å². The first kappa shape index (κ1) is 10.9. The fourth-order valence-corrected chi connectivity index (χ4v) is 1.19. The van der Waals surface area contributed by atoms with E-state index in [9.17, 15) is 13.6 Å². The molecule has 0 bridgehead atoms. The average molecular weight is 221 g/mol. The molecule has 1 aromatic carbocycles. The minimum Gasteiger partial charge on any atom is -0.434 e. The number of aldehydes is 1. The lowest BCUT2D eigenvalue weighted by Crippen LogP contribution is -2.04. The van der Waals surface area contributed by atoms with Crippen LogP contribution in [0.1, 0.15) is 15.9 Å². The van der Waals surface area contributed by atoms with Gasteiger partial charge < -0.3 is 4.74 Å². The highest BCUT2D eigenvalue weighted by molar-refractivity contribution is 6.34. The van der Waals surface area contributed by atoms with Gasteiger partial charge in [-0.05, 0) is 18.6 Å². The first-order chi connectivity index (χ1) is 6.56. The Morgan fingerprint density at radius 1 is 1.50 bits per heavy atom. The summed E-state index contributed by atoms with van der Waals surface area (Å²) >= 11 is 5.73. The maximum Gasteiger partial charge on any atom is 0.387 e. The Kier molecular flexibility index (Phi) is 3.41. The average Bonchev–Trinajstić information content (AvgIpc) is 2.11. The van der Waals surface area contributed by atoms with Crippen molar-refractivity contribution in [2.45, 2.75) is 13.5 Å². The molecule has 0 saturated carbocycles. The van der Waals surface area contributed by atoms with Gasteiger partial charge in [-0.2, -0.15) is 8.78 Å². The number of alkyl halides is 2. The van der Waals surface area contributed by atoms with Crippen LogP contribution < -0.4 is 4.74 Å². The highest BCUT2D eigenvalue weighted by Crippen LogP contribution is 2.28. The minimum atomic E-state index is -2.97. The number of halogens is 3. The van der Waals surface area contributed by atoms with Crippen molar-refractivity contribution >= 4 is 17.9 Å². The van der Waals surface area contributed by atoms with Crippen LogP contribution in [0.25, 0.3) is 0 Å². The highest BCUT2D eigenvalue weighted by atomic mass is 35.5. The number of carbonyl (C=O) groups excluding carboxylic acids is 1. The summed E-state index contributed by atoms with van der Waals surface area (Å²) in [6, 6.07) is 2.80. The molecule has 0 aliphatic heterocycles. The fourth-order valence-electron chi connectivity index (χ4n) is 0.993. The van der Waals surface area contributed by atoms with E-state index in [0.717, 1.165) is 0 Å². The van der Waals surface area contributed by atoms with Crippen molar-refractivity contribution in [3.05, 3.63) is 28.3 Å². The zero-order chi connectivity index (χ0) is 10.7. The SMILES string of the molecule is Cc1ccc(OC(F)F)c(C=O)c1Cl. The third-order valence-electron chi connectivity index (χ3n) is 1.67. The summed E-state index contributed by atoms with van der Waals surface area (Å²) in [4.78, 5) is 10.6. The molecule has 76 valence electrons. The van der Waals surface area contributed by atoms with Crippen LogP contribution in [0, 0.1) is 6.92 Å². The van der Waals surface area contributed by atoms with E-state index in [-0.39, 0.29) is 16.3 Å². The van der Waals surface area contributed by atoms with Gasteiger partial charge in [-0.25, -0.2) is 0 Å². The Morgan fingerprint density at radius 3 is 2.64 bits per heavy atom. The lowest BCUT2D eigenvalue weighted by Gasteiger charge is -2.09. The Balaban J connectivity index is 3.17. The maximum atomic E-state index is 11.9. The highest BCUT2D eigenvalue weighted by Gasteiger charge is 2.13. The Hall–Kier alpha value is -1.16. The van der Waals surface area contributed by atoms with Crippen molar-refractivity contribution in [3.63, 3.8) is 0 Å². The van der Waals surface area contributed by atoms with Crippen LogP contribution in [-0.4, -0.2) is 12.9 Å². The van der Waals surface area contributed by atoms with E-state index >= 15 is 0 Å². The predicted molar refractivity (Wildman–Crippen MR) is 48.2 cm³/mol. The zero-order valence-electron chi connectivity index (χ0n) is 7.26. The van der Waals surface area contributed by atoms with Crippen molar-refractivity contribution in [1.82, 2.24) is 0 Å². The lowest BCUT2D eigenvalue weighted by atomic mass is 10.1. The molecule has 5 heteroatoms. The molecule has 0 aliphatic carbocycles. The molecule has 0 N–H and O–H groups in total. The zero-order valence-corrected chi connectivity index (χ0v) is 8.02. The van der Waals surface area contributed by atoms with Gasteiger partial charge in [-0.15, -0.1) is 0 Å². The second-order valence-corrected chi connectivity index (χ2v) is 2.98. The molecule has 1 aromatic rings. The normalized spacial score (nSPS) is 10.4. The van der Waals surface area contributed by atoms with E-state index in [1.165, 1.54) is 12.1 Å². The number of hydrogen-bond donors (Lipinski definition) is 0. The van der Waals surface area contributed by atoms with Crippen LogP contribution >= 0.6 is 11.6 Å². The summed E-state index contributed by atoms with van der Waals surface area (Å²) in [6.45, 7) is -1.30. The summed E-state index contributed by atoms with van der Waals surface area (Å²) < 4.78 is 27.9. The van der Waals surface area contributed by atoms with Crippen LogP contribution in [-0.2, 0) is 0 Å². The van der Waals surface area contributed by atoms with Gasteiger partial charge in [-0.1, -0.05) is 17.7 Å².